The van der Waals surface area contributed by atoms with Crippen molar-refractivity contribution in [2.45, 2.75) is 26.2 Å². The highest BCUT2D eigenvalue weighted by molar-refractivity contribution is 5.80. The number of hydrogen-bond donors (Lipinski definition) is 2. The van der Waals surface area contributed by atoms with E-state index in [0.717, 1.165) is 0 Å². The third-order valence-electron chi connectivity index (χ3n) is 1.74. The SMILES string of the molecule is CC(C#N)C(=O)NCCCCC(N)=O. The molecule has 0 aromatic carbocycles. The first-order valence-corrected chi connectivity index (χ1v) is 4.53. The molecule has 0 saturated carbocycles. The van der Waals surface area contributed by atoms with E-state index in [-0.39, 0.29) is 11.8 Å². The summed E-state index contributed by atoms with van der Waals surface area (Å²) in [6, 6.07) is 1.84. The molecular weight excluding hydrogens is 182 g/mol. The maximum Gasteiger partial charge on any atom is 0.237 e. The van der Waals surface area contributed by atoms with Gasteiger partial charge in [0.2, 0.25) is 11.8 Å². The van der Waals surface area contributed by atoms with Gasteiger partial charge in [-0.25, -0.2) is 0 Å². The van der Waals surface area contributed by atoms with Crippen LogP contribution in [-0.4, -0.2) is 18.4 Å². The average Bonchev–Trinajstić information content (AvgIpc) is 2.15. The largest absolute Gasteiger partial charge is 0.370 e. The Labute approximate surface area is 83.3 Å². The van der Waals surface area contributed by atoms with E-state index < -0.39 is 5.92 Å². The molecule has 0 heterocycles. The second-order valence-corrected chi connectivity index (χ2v) is 3.07. The molecule has 0 aliphatic rings. The van der Waals surface area contributed by atoms with Gasteiger partial charge in [0, 0.05) is 13.0 Å². The molecule has 0 fully saturated rings. The lowest BCUT2D eigenvalue weighted by Crippen LogP contribution is -2.29. The van der Waals surface area contributed by atoms with Crippen LogP contribution in [0.4, 0.5) is 0 Å². The first-order chi connectivity index (χ1) is 6.57. The number of primary amides is 1. The first kappa shape index (κ1) is 12.4. The molecule has 1 atom stereocenters. The normalized spacial score (nSPS) is 11.4. The molecule has 5 heteroatoms. The molecule has 0 radical (unpaired) electrons. The van der Waals surface area contributed by atoms with Gasteiger partial charge in [0.05, 0.1) is 6.07 Å². The number of nitrogens with one attached hydrogen (secondary N) is 1. The van der Waals surface area contributed by atoms with Gasteiger partial charge in [0.15, 0.2) is 0 Å². The fraction of sp³-hybridized carbons (Fsp3) is 0.667. The molecule has 0 aliphatic heterocycles. The summed E-state index contributed by atoms with van der Waals surface area (Å²) >= 11 is 0. The Kier molecular flexibility index (Phi) is 6.12. The average molecular weight is 197 g/mol. The van der Waals surface area contributed by atoms with E-state index in [0.29, 0.717) is 25.8 Å². The molecule has 0 aromatic heterocycles. The van der Waals surface area contributed by atoms with Crippen LogP contribution in [0, 0.1) is 17.2 Å². The molecule has 3 N–H and O–H groups in total. The van der Waals surface area contributed by atoms with Crippen molar-refractivity contribution < 1.29 is 9.59 Å². The topological polar surface area (TPSA) is 96.0 Å². The van der Waals surface area contributed by atoms with E-state index in [2.05, 4.69) is 5.32 Å². The number of nitriles is 1. The zero-order valence-electron chi connectivity index (χ0n) is 8.25. The molecule has 0 aromatic rings. The molecule has 0 rings (SSSR count). The van der Waals surface area contributed by atoms with Crippen LogP contribution in [0.2, 0.25) is 0 Å². The Morgan fingerprint density at radius 3 is 2.64 bits per heavy atom. The van der Waals surface area contributed by atoms with Gasteiger partial charge in [0.1, 0.15) is 5.92 Å². The van der Waals surface area contributed by atoms with E-state index in [4.69, 9.17) is 11.0 Å². The van der Waals surface area contributed by atoms with E-state index in [1.807, 2.05) is 6.07 Å². The molecule has 0 bridgehead atoms. The third-order valence-corrected chi connectivity index (χ3v) is 1.74. The van der Waals surface area contributed by atoms with Crippen molar-refractivity contribution >= 4 is 11.8 Å². The van der Waals surface area contributed by atoms with Gasteiger partial charge >= 0.3 is 0 Å². The minimum absolute atomic E-state index is 0.272. The molecular formula is C9H15N3O2. The summed E-state index contributed by atoms with van der Waals surface area (Å²) in [6.07, 6.45) is 1.70. The Hall–Kier alpha value is -1.57. The lowest BCUT2D eigenvalue weighted by atomic mass is 10.2. The van der Waals surface area contributed by atoms with Gasteiger partial charge < -0.3 is 11.1 Å². The number of carbonyl (C=O) groups excluding carboxylic acids is 2. The summed E-state index contributed by atoms with van der Waals surface area (Å²) in [5, 5.41) is 11.0. The second kappa shape index (κ2) is 6.89. The van der Waals surface area contributed by atoms with Crippen LogP contribution in [0.5, 0.6) is 0 Å². The summed E-state index contributed by atoms with van der Waals surface area (Å²) in [5.74, 6) is -1.22. The Bertz CT molecular complexity index is 245. The minimum Gasteiger partial charge on any atom is -0.370 e. The van der Waals surface area contributed by atoms with Crippen molar-refractivity contribution in [3.8, 4) is 6.07 Å². The predicted octanol–water partition coefficient (Wildman–Crippen LogP) is -0.0821. The first-order valence-electron chi connectivity index (χ1n) is 4.53. The number of amides is 2. The summed E-state index contributed by atoms with van der Waals surface area (Å²) in [4.78, 5) is 21.4. The van der Waals surface area contributed by atoms with Crippen LogP contribution in [0.15, 0.2) is 0 Å². The number of nitrogens with two attached hydrogens (primary N) is 1. The summed E-state index contributed by atoms with van der Waals surface area (Å²) < 4.78 is 0. The fourth-order valence-corrected chi connectivity index (χ4v) is 0.848. The van der Waals surface area contributed by atoms with Gasteiger partial charge in [-0.1, -0.05) is 0 Å². The fourth-order valence-electron chi connectivity index (χ4n) is 0.848. The Balaban J connectivity index is 3.42. The van der Waals surface area contributed by atoms with Crippen LogP contribution >= 0.6 is 0 Å². The number of carbonyl (C=O) groups is 2. The van der Waals surface area contributed by atoms with Gasteiger partial charge in [-0.05, 0) is 19.8 Å². The zero-order valence-corrected chi connectivity index (χ0v) is 8.25. The van der Waals surface area contributed by atoms with E-state index in [1.54, 1.807) is 6.92 Å². The summed E-state index contributed by atoms with van der Waals surface area (Å²) in [6.45, 7) is 2.02. The highest BCUT2D eigenvalue weighted by atomic mass is 16.2. The molecule has 5 nitrogen and oxygen atoms in total. The summed E-state index contributed by atoms with van der Waals surface area (Å²) in [7, 11) is 0. The molecule has 78 valence electrons. The van der Waals surface area contributed by atoms with Crippen molar-refractivity contribution in [1.82, 2.24) is 5.32 Å². The molecule has 0 aliphatic carbocycles. The predicted molar refractivity (Wildman–Crippen MR) is 50.8 cm³/mol. The standard InChI is InChI=1S/C9H15N3O2/c1-7(6-10)9(14)12-5-3-2-4-8(11)13/h7H,2-5H2,1H3,(H2,11,13)(H,12,14). The molecule has 0 spiro atoms. The van der Waals surface area contributed by atoms with Crippen LogP contribution in [-0.2, 0) is 9.59 Å². The van der Waals surface area contributed by atoms with Crippen LogP contribution in [0.1, 0.15) is 26.2 Å². The van der Waals surface area contributed by atoms with Crippen LogP contribution in [0.25, 0.3) is 0 Å². The monoisotopic (exact) mass is 197 g/mol. The second-order valence-electron chi connectivity index (χ2n) is 3.07. The van der Waals surface area contributed by atoms with Gasteiger partial charge in [-0.2, -0.15) is 5.26 Å². The van der Waals surface area contributed by atoms with Gasteiger partial charge in [-0.3, -0.25) is 9.59 Å². The summed E-state index contributed by atoms with van der Waals surface area (Å²) in [5.41, 5.74) is 4.93. The van der Waals surface area contributed by atoms with E-state index in [9.17, 15) is 9.59 Å². The van der Waals surface area contributed by atoms with Crippen molar-refractivity contribution in [3.63, 3.8) is 0 Å². The van der Waals surface area contributed by atoms with Gasteiger partial charge in [-0.15, -0.1) is 0 Å². The quantitative estimate of drug-likeness (QED) is 0.583. The zero-order chi connectivity index (χ0) is 11.0. The number of rotatable bonds is 6. The van der Waals surface area contributed by atoms with E-state index >= 15 is 0 Å². The maximum absolute atomic E-state index is 11.0. The highest BCUT2D eigenvalue weighted by Crippen LogP contribution is 1.94. The Morgan fingerprint density at radius 2 is 2.14 bits per heavy atom. The molecule has 1 unspecified atom stereocenters. The minimum atomic E-state index is -0.619. The third kappa shape index (κ3) is 6.00. The smallest absolute Gasteiger partial charge is 0.237 e. The maximum atomic E-state index is 11.0. The molecule has 14 heavy (non-hydrogen) atoms. The number of unbranched alkanes of at least 4 members (excludes halogenated alkanes) is 1. The van der Waals surface area contributed by atoms with Crippen molar-refractivity contribution in [3.05, 3.63) is 0 Å². The Morgan fingerprint density at radius 1 is 1.50 bits per heavy atom. The van der Waals surface area contributed by atoms with Gasteiger partial charge in [0.25, 0.3) is 0 Å². The highest BCUT2D eigenvalue weighted by Gasteiger charge is 2.09. The molecule has 0 saturated heterocycles. The number of hydrogen-bond acceptors (Lipinski definition) is 3. The molecule has 2 amide bonds. The van der Waals surface area contributed by atoms with E-state index in [1.165, 1.54) is 0 Å². The lowest BCUT2D eigenvalue weighted by Gasteiger charge is -2.04. The van der Waals surface area contributed by atoms with Crippen molar-refractivity contribution in [2.75, 3.05) is 6.54 Å². The number of nitrogens with zero attached hydrogens (tertiary/aromatic N) is 1. The van der Waals surface area contributed by atoms with Crippen molar-refractivity contribution in [2.24, 2.45) is 11.7 Å². The van der Waals surface area contributed by atoms with Crippen molar-refractivity contribution in [1.29, 1.82) is 5.26 Å². The lowest BCUT2D eigenvalue weighted by molar-refractivity contribution is -0.122. The van der Waals surface area contributed by atoms with Crippen LogP contribution < -0.4 is 11.1 Å². The van der Waals surface area contributed by atoms with Crippen LogP contribution in [0.3, 0.4) is 0 Å².